The molecule has 0 saturated heterocycles. The first-order valence-electron chi connectivity index (χ1n) is 9.98. The van der Waals surface area contributed by atoms with Crippen molar-refractivity contribution in [2.45, 2.75) is 18.9 Å². The Morgan fingerprint density at radius 2 is 1.91 bits per heavy atom. The lowest BCUT2D eigenvalue weighted by molar-refractivity contribution is -0.155. The van der Waals surface area contributed by atoms with Gasteiger partial charge in [0.1, 0.15) is 18.1 Å². The highest BCUT2D eigenvalue weighted by molar-refractivity contribution is 6.34. The third-order valence-electron chi connectivity index (χ3n) is 5.37. The summed E-state index contributed by atoms with van der Waals surface area (Å²) in [5.74, 6) is -0.822. The number of halogens is 1. The minimum absolute atomic E-state index is 0.0453. The van der Waals surface area contributed by atoms with Gasteiger partial charge in [0.25, 0.3) is 0 Å². The summed E-state index contributed by atoms with van der Waals surface area (Å²) in [4.78, 5) is 24.0. The molecule has 0 aliphatic heterocycles. The molecule has 9 heteroatoms. The van der Waals surface area contributed by atoms with Crippen molar-refractivity contribution >= 4 is 28.5 Å². The standard InChI is InChI=1S/C23H21ClO8/c1-29-23(28)12-7-13(8-12)30-5-6-31-20-11-19(27)18(26)9-15(20)21-10-17(25)14-3-2-4-16(24)22(14)32-21/h2-4,9-13,26-27H,5-8H2,1H3/t12-,13+. The Labute approximate surface area is 187 Å². The quantitative estimate of drug-likeness (QED) is 0.310. The molecular weight excluding hydrogens is 440 g/mol. The van der Waals surface area contributed by atoms with Crippen LogP contribution in [0.15, 0.2) is 45.6 Å². The Morgan fingerprint density at radius 1 is 1.16 bits per heavy atom. The lowest BCUT2D eigenvalue weighted by Gasteiger charge is -2.32. The number of aromatic hydroxyl groups is 2. The number of esters is 1. The maximum atomic E-state index is 12.5. The summed E-state index contributed by atoms with van der Waals surface area (Å²) in [7, 11) is 1.36. The molecule has 1 fully saturated rings. The first-order chi connectivity index (χ1) is 15.4. The van der Waals surface area contributed by atoms with Crippen LogP contribution in [0.5, 0.6) is 17.2 Å². The van der Waals surface area contributed by atoms with Crippen molar-refractivity contribution in [3.63, 3.8) is 0 Å². The fraction of sp³-hybridized carbons (Fsp3) is 0.304. The summed E-state index contributed by atoms with van der Waals surface area (Å²) in [6.45, 7) is 0.377. The van der Waals surface area contributed by atoms with Crippen molar-refractivity contribution in [2.75, 3.05) is 20.3 Å². The maximum Gasteiger partial charge on any atom is 0.308 e. The van der Waals surface area contributed by atoms with E-state index in [0.29, 0.717) is 18.2 Å². The molecule has 0 amide bonds. The van der Waals surface area contributed by atoms with Crippen molar-refractivity contribution < 1.29 is 33.6 Å². The van der Waals surface area contributed by atoms with Crippen LogP contribution in [0.4, 0.5) is 0 Å². The summed E-state index contributed by atoms with van der Waals surface area (Å²) >= 11 is 6.18. The van der Waals surface area contributed by atoms with E-state index in [1.54, 1.807) is 18.2 Å². The second-order valence-corrected chi connectivity index (χ2v) is 7.87. The Bertz CT molecular complexity index is 1210. The van der Waals surface area contributed by atoms with E-state index in [9.17, 15) is 19.8 Å². The van der Waals surface area contributed by atoms with E-state index in [1.165, 1.54) is 25.3 Å². The lowest BCUT2D eigenvalue weighted by Crippen LogP contribution is -2.37. The smallest absolute Gasteiger partial charge is 0.308 e. The number of fused-ring (bicyclic) bond motifs is 1. The van der Waals surface area contributed by atoms with E-state index >= 15 is 0 Å². The van der Waals surface area contributed by atoms with Gasteiger partial charge in [-0.15, -0.1) is 0 Å². The molecule has 2 aromatic carbocycles. The molecule has 0 bridgehead atoms. The highest BCUT2D eigenvalue weighted by atomic mass is 35.5. The van der Waals surface area contributed by atoms with Gasteiger partial charge in [-0.3, -0.25) is 9.59 Å². The number of ether oxygens (including phenoxy) is 3. The average molecular weight is 461 g/mol. The minimum Gasteiger partial charge on any atom is -0.504 e. The molecule has 0 spiro atoms. The SMILES string of the molecule is COC(=O)[C@H]1C[C@@H](OCCOc2cc(O)c(O)cc2-c2cc(=O)c3cccc(Cl)c3o2)C1. The summed E-state index contributed by atoms with van der Waals surface area (Å²) in [6.07, 6.45) is 1.15. The van der Waals surface area contributed by atoms with Crippen LogP contribution < -0.4 is 10.2 Å². The molecule has 3 aromatic rings. The van der Waals surface area contributed by atoms with Crippen LogP contribution in [0.1, 0.15) is 12.8 Å². The fourth-order valence-electron chi connectivity index (χ4n) is 3.57. The second-order valence-electron chi connectivity index (χ2n) is 7.46. The third-order valence-corrected chi connectivity index (χ3v) is 5.67. The second kappa shape index (κ2) is 9.10. The molecule has 0 unspecified atom stereocenters. The van der Waals surface area contributed by atoms with Gasteiger partial charge in [0.15, 0.2) is 22.5 Å². The molecule has 0 radical (unpaired) electrons. The first-order valence-corrected chi connectivity index (χ1v) is 10.4. The molecule has 4 rings (SSSR count). The van der Waals surface area contributed by atoms with Crippen LogP contribution in [0.3, 0.4) is 0 Å². The zero-order chi connectivity index (χ0) is 22.8. The summed E-state index contributed by atoms with van der Waals surface area (Å²) < 4.78 is 22.0. The largest absolute Gasteiger partial charge is 0.504 e. The molecule has 1 aliphatic carbocycles. The molecule has 8 nitrogen and oxygen atoms in total. The van der Waals surface area contributed by atoms with E-state index < -0.39 is 5.75 Å². The van der Waals surface area contributed by atoms with Crippen LogP contribution in [0.2, 0.25) is 5.02 Å². The van der Waals surface area contributed by atoms with Gasteiger partial charge in [0, 0.05) is 12.1 Å². The number of rotatable bonds is 7. The normalized spacial score (nSPS) is 17.7. The van der Waals surface area contributed by atoms with Crippen molar-refractivity contribution in [2.24, 2.45) is 5.92 Å². The lowest BCUT2D eigenvalue weighted by atomic mass is 9.82. The van der Waals surface area contributed by atoms with E-state index in [4.69, 9.17) is 30.2 Å². The Morgan fingerprint density at radius 3 is 2.66 bits per heavy atom. The number of methoxy groups -OCH3 is 1. The number of hydrogen-bond acceptors (Lipinski definition) is 8. The molecule has 1 heterocycles. The van der Waals surface area contributed by atoms with E-state index in [1.807, 2.05) is 0 Å². The molecule has 0 atom stereocenters. The molecule has 1 saturated carbocycles. The van der Waals surface area contributed by atoms with Gasteiger partial charge in [0.05, 0.1) is 41.7 Å². The van der Waals surface area contributed by atoms with Crippen LogP contribution in [0, 0.1) is 5.92 Å². The number of benzene rings is 2. The predicted octanol–water partition coefficient (Wildman–Crippen LogP) is 3.87. The first kappa shape index (κ1) is 22.0. The molecule has 1 aliphatic rings. The van der Waals surface area contributed by atoms with Crippen molar-refractivity contribution in [3.05, 3.63) is 51.6 Å². The van der Waals surface area contributed by atoms with Crippen LogP contribution in [-0.2, 0) is 14.3 Å². The van der Waals surface area contributed by atoms with Crippen LogP contribution >= 0.6 is 11.6 Å². The van der Waals surface area contributed by atoms with Crippen LogP contribution in [-0.4, -0.2) is 42.6 Å². The van der Waals surface area contributed by atoms with E-state index in [2.05, 4.69) is 0 Å². The number of phenolic OH excluding ortho intramolecular Hbond substituents is 2. The zero-order valence-electron chi connectivity index (χ0n) is 17.2. The zero-order valence-corrected chi connectivity index (χ0v) is 17.9. The average Bonchev–Trinajstić information content (AvgIpc) is 2.74. The van der Waals surface area contributed by atoms with Crippen molar-refractivity contribution in [1.29, 1.82) is 0 Å². The van der Waals surface area contributed by atoms with Gasteiger partial charge in [-0.05, 0) is 31.0 Å². The highest BCUT2D eigenvalue weighted by Crippen LogP contribution is 2.40. The van der Waals surface area contributed by atoms with Gasteiger partial charge in [-0.1, -0.05) is 17.7 Å². The molecule has 32 heavy (non-hydrogen) atoms. The Kier molecular flexibility index (Phi) is 6.25. The predicted molar refractivity (Wildman–Crippen MR) is 116 cm³/mol. The number of hydrogen-bond donors (Lipinski definition) is 2. The topological polar surface area (TPSA) is 115 Å². The molecule has 1 aromatic heterocycles. The van der Waals surface area contributed by atoms with Crippen molar-refractivity contribution in [1.82, 2.24) is 0 Å². The summed E-state index contributed by atoms with van der Waals surface area (Å²) in [6, 6.07) is 8.61. The van der Waals surface area contributed by atoms with Gasteiger partial charge < -0.3 is 28.8 Å². The Hall–Kier alpha value is -3.23. The van der Waals surface area contributed by atoms with Crippen LogP contribution in [0.25, 0.3) is 22.3 Å². The number of phenols is 2. The van der Waals surface area contributed by atoms with E-state index in [0.717, 1.165) is 0 Å². The van der Waals surface area contributed by atoms with E-state index in [-0.39, 0.29) is 70.1 Å². The number of para-hydroxylation sites is 1. The van der Waals surface area contributed by atoms with Crippen molar-refractivity contribution in [3.8, 4) is 28.6 Å². The fourth-order valence-corrected chi connectivity index (χ4v) is 3.79. The maximum absolute atomic E-state index is 12.5. The highest BCUT2D eigenvalue weighted by Gasteiger charge is 2.35. The van der Waals surface area contributed by atoms with Gasteiger partial charge in [-0.2, -0.15) is 0 Å². The Balaban J connectivity index is 1.50. The van der Waals surface area contributed by atoms with Gasteiger partial charge >= 0.3 is 5.97 Å². The monoisotopic (exact) mass is 460 g/mol. The molecule has 2 N–H and O–H groups in total. The molecule has 168 valence electrons. The molecular formula is C23H21ClO8. The van der Waals surface area contributed by atoms with Gasteiger partial charge in [-0.25, -0.2) is 0 Å². The van der Waals surface area contributed by atoms with Gasteiger partial charge in [0.2, 0.25) is 0 Å². The summed E-state index contributed by atoms with van der Waals surface area (Å²) in [5, 5.41) is 20.5. The third kappa shape index (κ3) is 4.37. The number of carbonyl (C=O) groups excluding carboxylic acids is 1. The summed E-state index contributed by atoms with van der Waals surface area (Å²) in [5.41, 5.74) is 0.174. The minimum atomic E-state index is -0.395. The number of carbonyl (C=O) groups is 1.